The van der Waals surface area contributed by atoms with Crippen molar-refractivity contribution in [1.29, 1.82) is 0 Å². The molecule has 4 rings (SSSR count). The fourth-order valence-electron chi connectivity index (χ4n) is 3.37. The first-order valence-corrected chi connectivity index (χ1v) is 9.38. The van der Waals surface area contributed by atoms with Gasteiger partial charge in [0.1, 0.15) is 18.5 Å². The van der Waals surface area contributed by atoms with E-state index in [1.165, 1.54) is 0 Å². The number of fused-ring (bicyclic) bond motifs is 1. The van der Waals surface area contributed by atoms with Gasteiger partial charge in [-0.05, 0) is 35.4 Å². The van der Waals surface area contributed by atoms with E-state index in [2.05, 4.69) is 16.0 Å². The van der Waals surface area contributed by atoms with Gasteiger partial charge in [0.05, 0.1) is 0 Å². The molecule has 1 aliphatic rings. The summed E-state index contributed by atoms with van der Waals surface area (Å²) < 4.78 is 5.92. The van der Waals surface area contributed by atoms with Crippen LogP contribution in [-0.4, -0.2) is 28.1 Å². The maximum atomic E-state index is 10.7. The van der Waals surface area contributed by atoms with Gasteiger partial charge in [-0.2, -0.15) is 0 Å². The highest BCUT2D eigenvalue weighted by Gasteiger charge is 2.19. The lowest BCUT2D eigenvalue weighted by atomic mass is 10.00. The minimum absolute atomic E-state index is 0.627. The highest BCUT2D eigenvalue weighted by molar-refractivity contribution is 6.31. The van der Waals surface area contributed by atoms with E-state index >= 15 is 0 Å². The van der Waals surface area contributed by atoms with Gasteiger partial charge in [-0.15, -0.1) is 0 Å². The van der Waals surface area contributed by atoms with Crippen molar-refractivity contribution in [2.75, 3.05) is 13.2 Å². The zero-order valence-corrected chi connectivity index (χ0v) is 15.6. The third kappa shape index (κ3) is 4.14. The van der Waals surface area contributed by atoms with E-state index in [9.17, 15) is 5.11 Å². The Morgan fingerprint density at radius 3 is 2.81 bits per heavy atom. The first-order chi connectivity index (χ1) is 13.2. The number of rotatable bonds is 4. The second-order valence-electron chi connectivity index (χ2n) is 6.71. The van der Waals surface area contributed by atoms with E-state index in [1.54, 1.807) is 12.4 Å². The van der Waals surface area contributed by atoms with Crippen LogP contribution < -0.4 is 4.74 Å². The van der Waals surface area contributed by atoms with Crippen molar-refractivity contribution in [1.82, 2.24) is 9.88 Å². The Morgan fingerprint density at radius 1 is 1.11 bits per heavy atom. The Labute approximate surface area is 164 Å². The number of halogens is 1. The molecule has 0 aliphatic carbocycles. The summed E-state index contributed by atoms with van der Waals surface area (Å²) in [4.78, 5) is 6.41. The fraction of sp³-hybridized carbons (Fsp3) is 0.227. The van der Waals surface area contributed by atoms with Crippen LogP contribution >= 0.6 is 11.6 Å². The van der Waals surface area contributed by atoms with Gasteiger partial charge in [0.2, 0.25) is 0 Å². The van der Waals surface area contributed by atoms with E-state index in [0.717, 1.165) is 52.7 Å². The molecule has 2 heterocycles. The van der Waals surface area contributed by atoms with Crippen molar-refractivity contribution in [3.05, 3.63) is 94.3 Å². The number of nitrogens with zero attached hydrogens (tertiary/aromatic N) is 2. The van der Waals surface area contributed by atoms with Gasteiger partial charge in [0.15, 0.2) is 0 Å². The molecule has 0 bridgehead atoms. The Bertz CT molecular complexity index is 917. The molecule has 4 nitrogen and oxygen atoms in total. The van der Waals surface area contributed by atoms with Gasteiger partial charge < -0.3 is 9.84 Å². The monoisotopic (exact) mass is 380 g/mol. The third-order valence-corrected chi connectivity index (χ3v) is 5.18. The van der Waals surface area contributed by atoms with Gasteiger partial charge in [-0.25, -0.2) is 0 Å². The first-order valence-electron chi connectivity index (χ1n) is 9.00. The number of ether oxygens (including phenoxy) is 1. The summed E-state index contributed by atoms with van der Waals surface area (Å²) in [5, 5.41) is 11.5. The van der Waals surface area contributed by atoms with Gasteiger partial charge >= 0.3 is 0 Å². The summed E-state index contributed by atoms with van der Waals surface area (Å²) in [6, 6.07) is 17.5. The molecule has 0 saturated heterocycles. The Kier molecular flexibility index (Phi) is 5.39. The smallest absolute Gasteiger partial charge is 0.123 e. The lowest BCUT2D eigenvalue weighted by molar-refractivity contribution is 0.218. The molecule has 1 unspecified atom stereocenters. The van der Waals surface area contributed by atoms with Crippen LogP contribution in [0.3, 0.4) is 0 Å². The number of aliphatic hydroxyl groups excluding tert-OH is 1. The van der Waals surface area contributed by atoms with Gasteiger partial charge in [-0.3, -0.25) is 9.88 Å². The second-order valence-corrected chi connectivity index (χ2v) is 7.11. The highest BCUT2D eigenvalue weighted by Crippen LogP contribution is 2.30. The third-order valence-electron chi connectivity index (χ3n) is 4.81. The van der Waals surface area contributed by atoms with E-state index in [1.807, 2.05) is 48.5 Å². The maximum absolute atomic E-state index is 10.7. The van der Waals surface area contributed by atoms with Crippen molar-refractivity contribution in [3.63, 3.8) is 0 Å². The summed E-state index contributed by atoms with van der Waals surface area (Å²) in [5.74, 6) is 0.874. The predicted octanol–water partition coefficient (Wildman–Crippen LogP) is 4.21. The van der Waals surface area contributed by atoms with Crippen LogP contribution in [0.4, 0.5) is 0 Å². The SMILES string of the molecule is OC(c1cccnc1)c1ccc2c(c1)CN(Cc1ccccc1Cl)CCO2. The fourth-order valence-corrected chi connectivity index (χ4v) is 3.57. The minimum Gasteiger partial charge on any atom is -0.492 e. The Morgan fingerprint density at radius 2 is 2.00 bits per heavy atom. The highest BCUT2D eigenvalue weighted by atomic mass is 35.5. The molecule has 0 spiro atoms. The number of hydrogen-bond acceptors (Lipinski definition) is 4. The number of aromatic nitrogens is 1. The molecule has 3 aromatic rings. The van der Waals surface area contributed by atoms with Crippen LogP contribution in [0.1, 0.15) is 28.4 Å². The zero-order valence-electron chi connectivity index (χ0n) is 14.9. The normalized spacial score (nSPS) is 15.5. The van der Waals surface area contributed by atoms with E-state index in [0.29, 0.717) is 6.61 Å². The maximum Gasteiger partial charge on any atom is 0.123 e. The molecule has 0 saturated carbocycles. The quantitative estimate of drug-likeness (QED) is 0.736. The molecule has 0 radical (unpaired) electrons. The average Bonchev–Trinajstić information content (AvgIpc) is 2.91. The van der Waals surface area contributed by atoms with Crippen LogP contribution in [0.5, 0.6) is 5.75 Å². The minimum atomic E-state index is -0.704. The molecular weight excluding hydrogens is 360 g/mol. The molecule has 0 amide bonds. The summed E-state index contributed by atoms with van der Waals surface area (Å²) in [7, 11) is 0. The zero-order chi connectivity index (χ0) is 18.6. The van der Waals surface area contributed by atoms with Crippen LogP contribution in [0, 0.1) is 0 Å². The number of benzene rings is 2. The van der Waals surface area contributed by atoms with Crippen molar-refractivity contribution < 1.29 is 9.84 Å². The molecule has 27 heavy (non-hydrogen) atoms. The molecular formula is C22H21ClN2O2. The number of hydrogen-bond donors (Lipinski definition) is 1. The molecule has 0 fully saturated rings. The average molecular weight is 381 g/mol. The second kappa shape index (κ2) is 8.09. The van der Waals surface area contributed by atoms with Crippen molar-refractivity contribution in [3.8, 4) is 5.75 Å². The summed E-state index contributed by atoms with van der Waals surface area (Å²) in [6.45, 7) is 2.95. The van der Waals surface area contributed by atoms with Crippen LogP contribution in [-0.2, 0) is 13.1 Å². The Hall–Kier alpha value is -2.40. The molecule has 1 atom stereocenters. The lowest BCUT2D eigenvalue weighted by Gasteiger charge is -2.20. The van der Waals surface area contributed by atoms with E-state index in [4.69, 9.17) is 16.3 Å². The summed E-state index contributed by atoms with van der Waals surface area (Å²) in [5.41, 5.74) is 3.79. The number of aliphatic hydroxyl groups is 1. The predicted molar refractivity (Wildman–Crippen MR) is 106 cm³/mol. The molecule has 2 aromatic carbocycles. The molecule has 1 aromatic heterocycles. The lowest BCUT2D eigenvalue weighted by Crippen LogP contribution is -2.25. The van der Waals surface area contributed by atoms with Gasteiger partial charge in [0.25, 0.3) is 0 Å². The van der Waals surface area contributed by atoms with E-state index in [-0.39, 0.29) is 0 Å². The molecule has 138 valence electrons. The summed E-state index contributed by atoms with van der Waals surface area (Å²) in [6.07, 6.45) is 2.69. The first kappa shape index (κ1) is 18.0. The van der Waals surface area contributed by atoms with Crippen molar-refractivity contribution in [2.24, 2.45) is 0 Å². The van der Waals surface area contributed by atoms with Crippen molar-refractivity contribution in [2.45, 2.75) is 19.2 Å². The molecule has 5 heteroatoms. The van der Waals surface area contributed by atoms with Gasteiger partial charge in [0, 0.05) is 48.2 Å². The topological polar surface area (TPSA) is 45.6 Å². The standard InChI is InChI=1S/C22H21ClN2O2/c23-20-6-2-1-4-18(20)14-25-10-11-27-21-8-7-16(12-19(21)15-25)22(26)17-5-3-9-24-13-17/h1-9,12-13,22,26H,10-11,14-15H2. The van der Waals surface area contributed by atoms with Gasteiger partial charge in [-0.1, -0.05) is 41.9 Å². The van der Waals surface area contributed by atoms with Crippen LogP contribution in [0.2, 0.25) is 5.02 Å². The molecule has 1 N–H and O–H groups in total. The largest absolute Gasteiger partial charge is 0.492 e. The van der Waals surface area contributed by atoms with Crippen LogP contribution in [0.25, 0.3) is 0 Å². The summed E-state index contributed by atoms with van der Waals surface area (Å²) >= 11 is 6.32. The van der Waals surface area contributed by atoms with Crippen molar-refractivity contribution >= 4 is 11.6 Å². The number of pyridine rings is 1. The van der Waals surface area contributed by atoms with E-state index < -0.39 is 6.10 Å². The molecule has 1 aliphatic heterocycles. The van der Waals surface area contributed by atoms with Crippen LogP contribution in [0.15, 0.2) is 67.0 Å². The Balaban J connectivity index is 1.57.